The average molecular weight is 266 g/mol. The van der Waals surface area contributed by atoms with Gasteiger partial charge in [0.2, 0.25) is 5.91 Å². The molecule has 4 heteroatoms. The predicted molar refractivity (Wildman–Crippen MR) is 76.0 cm³/mol. The molecule has 108 valence electrons. The molecule has 1 saturated heterocycles. The Balaban J connectivity index is 1.69. The SMILES string of the molecule is COCC1=CCN(C(=O)CCC2CCCNC2)CC1. The van der Waals surface area contributed by atoms with E-state index in [1.54, 1.807) is 7.11 Å². The van der Waals surface area contributed by atoms with Gasteiger partial charge in [-0.1, -0.05) is 6.08 Å². The second kappa shape index (κ2) is 7.65. The molecule has 1 fully saturated rings. The molecule has 0 radical (unpaired) electrons. The van der Waals surface area contributed by atoms with Gasteiger partial charge in [0.05, 0.1) is 6.61 Å². The van der Waals surface area contributed by atoms with Crippen LogP contribution in [-0.4, -0.2) is 50.7 Å². The van der Waals surface area contributed by atoms with Crippen LogP contribution in [0.3, 0.4) is 0 Å². The number of ether oxygens (including phenoxy) is 1. The van der Waals surface area contributed by atoms with Crippen molar-refractivity contribution in [1.29, 1.82) is 0 Å². The standard InChI is InChI=1S/C15H26N2O2/c1-19-12-14-6-9-17(10-7-14)15(18)5-4-13-3-2-8-16-11-13/h6,13,16H,2-5,7-12H2,1H3. The summed E-state index contributed by atoms with van der Waals surface area (Å²) in [4.78, 5) is 14.1. The third-order valence-electron chi connectivity index (χ3n) is 4.15. The first kappa shape index (κ1) is 14.5. The number of hydrogen-bond acceptors (Lipinski definition) is 3. The van der Waals surface area contributed by atoms with Gasteiger partial charge in [0.25, 0.3) is 0 Å². The maximum atomic E-state index is 12.2. The van der Waals surface area contributed by atoms with Gasteiger partial charge in [-0.15, -0.1) is 0 Å². The van der Waals surface area contributed by atoms with E-state index in [1.165, 1.54) is 18.4 Å². The van der Waals surface area contributed by atoms with Crippen LogP contribution in [-0.2, 0) is 9.53 Å². The maximum Gasteiger partial charge on any atom is 0.222 e. The summed E-state index contributed by atoms with van der Waals surface area (Å²) in [5.74, 6) is 1.01. The van der Waals surface area contributed by atoms with E-state index in [0.717, 1.165) is 39.0 Å². The highest BCUT2D eigenvalue weighted by molar-refractivity contribution is 5.76. The highest BCUT2D eigenvalue weighted by Crippen LogP contribution is 2.18. The van der Waals surface area contributed by atoms with E-state index in [2.05, 4.69) is 11.4 Å². The Morgan fingerprint density at radius 2 is 2.47 bits per heavy atom. The van der Waals surface area contributed by atoms with Gasteiger partial charge in [0, 0.05) is 26.6 Å². The van der Waals surface area contributed by atoms with Crippen molar-refractivity contribution in [2.45, 2.75) is 32.1 Å². The number of nitrogens with one attached hydrogen (secondary N) is 1. The first-order valence-corrected chi connectivity index (χ1v) is 7.45. The molecule has 0 aromatic heterocycles. The van der Waals surface area contributed by atoms with Crippen LogP contribution >= 0.6 is 0 Å². The van der Waals surface area contributed by atoms with Crippen LogP contribution < -0.4 is 5.32 Å². The van der Waals surface area contributed by atoms with Gasteiger partial charge in [0.15, 0.2) is 0 Å². The lowest BCUT2D eigenvalue weighted by molar-refractivity contribution is -0.131. The molecule has 0 bridgehead atoms. The number of hydrogen-bond donors (Lipinski definition) is 1. The molecule has 2 aliphatic rings. The summed E-state index contributed by atoms with van der Waals surface area (Å²) < 4.78 is 5.13. The van der Waals surface area contributed by atoms with Crippen LogP contribution in [0.5, 0.6) is 0 Å². The zero-order valence-electron chi connectivity index (χ0n) is 12.0. The largest absolute Gasteiger partial charge is 0.380 e. The van der Waals surface area contributed by atoms with Crippen molar-refractivity contribution in [2.24, 2.45) is 5.92 Å². The molecule has 1 unspecified atom stereocenters. The van der Waals surface area contributed by atoms with E-state index in [-0.39, 0.29) is 0 Å². The van der Waals surface area contributed by atoms with E-state index in [0.29, 0.717) is 24.9 Å². The number of amides is 1. The molecule has 0 saturated carbocycles. The summed E-state index contributed by atoms with van der Waals surface area (Å²) in [6, 6.07) is 0. The van der Waals surface area contributed by atoms with Crippen LogP contribution in [0.4, 0.5) is 0 Å². The quantitative estimate of drug-likeness (QED) is 0.768. The molecule has 0 aliphatic carbocycles. The van der Waals surface area contributed by atoms with Gasteiger partial charge in [0.1, 0.15) is 0 Å². The van der Waals surface area contributed by atoms with Crippen molar-refractivity contribution >= 4 is 5.91 Å². The van der Waals surface area contributed by atoms with Gasteiger partial charge in [-0.05, 0) is 50.3 Å². The van der Waals surface area contributed by atoms with Crippen molar-refractivity contribution in [1.82, 2.24) is 10.2 Å². The molecule has 2 heterocycles. The number of carbonyl (C=O) groups excluding carboxylic acids is 1. The molecule has 0 spiro atoms. The summed E-state index contributed by atoms with van der Waals surface area (Å²) >= 11 is 0. The maximum absolute atomic E-state index is 12.2. The van der Waals surface area contributed by atoms with Crippen LogP contribution in [0.15, 0.2) is 11.6 Å². The monoisotopic (exact) mass is 266 g/mol. The average Bonchev–Trinajstić information content (AvgIpc) is 2.47. The summed E-state index contributed by atoms with van der Waals surface area (Å²) in [7, 11) is 1.72. The van der Waals surface area contributed by atoms with E-state index in [1.807, 2.05) is 4.90 Å². The Morgan fingerprint density at radius 3 is 3.11 bits per heavy atom. The van der Waals surface area contributed by atoms with E-state index < -0.39 is 0 Å². The number of piperidine rings is 1. The first-order valence-electron chi connectivity index (χ1n) is 7.45. The van der Waals surface area contributed by atoms with Crippen molar-refractivity contribution in [3.8, 4) is 0 Å². The molecule has 19 heavy (non-hydrogen) atoms. The third-order valence-corrected chi connectivity index (χ3v) is 4.15. The number of rotatable bonds is 5. The third kappa shape index (κ3) is 4.62. The molecule has 1 N–H and O–H groups in total. The Hall–Kier alpha value is -0.870. The molecule has 0 aromatic rings. The number of carbonyl (C=O) groups is 1. The first-order chi connectivity index (χ1) is 9.29. The molecular weight excluding hydrogens is 240 g/mol. The summed E-state index contributed by atoms with van der Waals surface area (Å²) in [6.45, 7) is 4.56. The number of nitrogens with zero attached hydrogens (tertiary/aromatic N) is 1. The summed E-state index contributed by atoms with van der Waals surface area (Å²) in [5.41, 5.74) is 1.32. The van der Waals surface area contributed by atoms with E-state index in [4.69, 9.17) is 4.74 Å². The lowest BCUT2D eigenvalue weighted by Gasteiger charge is -2.28. The van der Waals surface area contributed by atoms with E-state index >= 15 is 0 Å². The van der Waals surface area contributed by atoms with Gasteiger partial charge in [-0.3, -0.25) is 4.79 Å². The zero-order chi connectivity index (χ0) is 13.5. The lowest BCUT2D eigenvalue weighted by Crippen LogP contribution is -2.36. The predicted octanol–water partition coefficient (Wildman–Crippen LogP) is 1.57. The van der Waals surface area contributed by atoms with Crippen LogP contribution in [0.1, 0.15) is 32.1 Å². The Morgan fingerprint density at radius 1 is 1.58 bits per heavy atom. The molecule has 0 aromatic carbocycles. The second-order valence-corrected chi connectivity index (χ2v) is 5.64. The van der Waals surface area contributed by atoms with Gasteiger partial charge >= 0.3 is 0 Å². The molecule has 2 rings (SSSR count). The normalized spacial score (nSPS) is 24.2. The minimum atomic E-state index is 0.318. The lowest BCUT2D eigenvalue weighted by atomic mass is 9.94. The highest BCUT2D eigenvalue weighted by atomic mass is 16.5. The Labute approximate surface area is 116 Å². The molecule has 4 nitrogen and oxygen atoms in total. The molecule has 1 atom stereocenters. The fraction of sp³-hybridized carbons (Fsp3) is 0.800. The van der Waals surface area contributed by atoms with Crippen molar-refractivity contribution in [3.05, 3.63) is 11.6 Å². The highest BCUT2D eigenvalue weighted by Gasteiger charge is 2.19. The molecule has 2 aliphatic heterocycles. The summed E-state index contributed by atoms with van der Waals surface area (Å²) in [5, 5.41) is 3.41. The van der Waals surface area contributed by atoms with Crippen molar-refractivity contribution < 1.29 is 9.53 Å². The van der Waals surface area contributed by atoms with Gasteiger partial charge in [-0.2, -0.15) is 0 Å². The van der Waals surface area contributed by atoms with Crippen LogP contribution in [0.25, 0.3) is 0 Å². The topological polar surface area (TPSA) is 41.6 Å². The second-order valence-electron chi connectivity index (χ2n) is 5.64. The summed E-state index contributed by atoms with van der Waals surface area (Å²) in [6.07, 6.45) is 7.39. The fourth-order valence-electron chi connectivity index (χ4n) is 2.91. The van der Waals surface area contributed by atoms with Crippen LogP contribution in [0.2, 0.25) is 0 Å². The smallest absolute Gasteiger partial charge is 0.222 e. The van der Waals surface area contributed by atoms with Crippen molar-refractivity contribution in [2.75, 3.05) is 39.9 Å². The Bertz CT molecular complexity index is 322. The van der Waals surface area contributed by atoms with Crippen LogP contribution in [0, 0.1) is 5.92 Å². The van der Waals surface area contributed by atoms with Gasteiger partial charge < -0.3 is 15.0 Å². The number of methoxy groups -OCH3 is 1. The fourth-order valence-corrected chi connectivity index (χ4v) is 2.91. The van der Waals surface area contributed by atoms with Crippen molar-refractivity contribution in [3.63, 3.8) is 0 Å². The minimum Gasteiger partial charge on any atom is -0.380 e. The van der Waals surface area contributed by atoms with Gasteiger partial charge in [-0.25, -0.2) is 0 Å². The van der Waals surface area contributed by atoms with E-state index in [9.17, 15) is 4.79 Å². The minimum absolute atomic E-state index is 0.318. The molecular formula is C15H26N2O2. The Kier molecular flexibility index (Phi) is 5.86. The molecule has 1 amide bonds. The zero-order valence-corrected chi connectivity index (χ0v) is 12.0.